The van der Waals surface area contributed by atoms with Crippen LogP contribution in [0.3, 0.4) is 0 Å². The minimum atomic E-state index is -0.416. The number of nitrogens with one attached hydrogen (secondary N) is 1. The Morgan fingerprint density at radius 3 is 2.49 bits per heavy atom. The molecule has 2 heterocycles. The van der Waals surface area contributed by atoms with Gasteiger partial charge in [0.1, 0.15) is 18.1 Å². The summed E-state index contributed by atoms with van der Waals surface area (Å²) in [5.74, 6) is -0.385. The number of carbonyl (C=O) groups is 1. The number of fused-ring (bicyclic) bond motifs is 3. The Morgan fingerprint density at radius 2 is 1.77 bits per heavy atom. The highest BCUT2D eigenvalue weighted by atomic mass is 19.1. The Bertz CT molecular complexity index is 1540. The van der Waals surface area contributed by atoms with Crippen molar-refractivity contribution >= 4 is 22.5 Å². The molecule has 5 rings (SSSR count). The fraction of sp³-hybridized carbons (Fsp3) is 0.179. The summed E-state index contributed by atoms with van der Waals surface area (Å²) in [4.78, 5) is 25.9. The molecule has 0 fully saturated rings. The van der Waals surface area contributed by atoms with E-state index < -0.39 is 11.4 Å². The van der Waals surface area contributed by atoms with E-state index in [1.807, 2.05) is 59.2 Å². The maximum Gasteiger partial charge on any atom is 0.278 e. The van der Waals surface area contributed by atoms with Crippen molar-refractivity contribution in [2.24, 2.45) is 0 Å². The molecule has 35 heavy (non-hydrogen) atoms. The average molecular weight is 469 g/mol. The Kier molecular flexibility index (Phi) is 5.91. The molecule has 6 nitrogen and oxygen atoms in total. The van der Waals surface area contributed by atoms with Crippen molar-refractivity contribution in [2.45, 2.75) is 32.9 Å². The second-order valence-electron chi connectivity index (χ2n) is 8.95. The molecule has 176 valence electrons. The first-order valence-corrected chi connectivity index (χ1v) is 11.5. The van der Waals surface area contributed by atoms with Gasteiger partial charge >= 0.3 is 0 Å². The van der Waals surface area contributed by atoms with E-state index in [-0.39, 0.29) is 12.5 Å². The molecule has 0 spiro atoms. The number of pyridine rings is 1. The number of aromatic nitrogens is 3. The highest BCUT2D eigenvalue weighted by molar-refractivity contribution is 5.94. The van der Waals surface area contributed by atoms with Crippen LogP contribution in [0.25, 0.3) is 22.2 Å². The van der Waals surface area contributed by atoms with Crippen LogP contribution in [0.15, 0.2) is 83.8 Å². The third-order valence-electron chi connectivity index (χ3n) is 6.10. The monoisotopic (exact) mass is 468 g/mol. The number of hydrogen-bond donors (Lipinski definition) is 1. The largest absolute Gasteiger partial charge is 0.342 e. The zero-order valence-corrected chi connectivity index (χ0v) is 19.5. The van der Waals surface area contributed by atoms with Gasteiger partial charge in [0.2, 0.25) is 5.91 Å². The number of amides is 1. The molecule has 0 saturated heterocycles. The maximum atomic E-state index is 14.2. The van der Waals surface area contributed by atoms with Gasteiger partial charge in [0.25, 0.3) is 5.56 Å². The highest BCUT2D eigenvalue weighted by Gasteiger charge is 2.22. The predicted octanol–water partition coefficient (Wildman–Crippen LogP) is 5.25. The van der Waals surface area contributed by atoms with Crippen molar-refractivity contribution in [3.8, 4) is 11.3 Å². The first-order valence-electron chi connectivity index (χ1n) is 11.5. The Balaban J connectivity index is 1.49. The van der Waals surface area contributed by atoms with Crippen LogP contribution in [0.2, 0.25) is 0 Å². The third kappa shape index (κ3) is 4.57. The molecule has 0 aliphatic carbocycles. The van der Waals surface area contributed by atoms with E-state index >= 15 is 0 Å². The first-order chi connectivity index (χ1) is 16.9. The normalized spacial score (nSPS) is 11.4. The Morgan fingerprint density at radius 1 is 1.03 bits per heavy atom. The van der Waals surface area contributed by atoms with E-state index in [4.69, 9.17) is 0 Å². The second kappa shape index (κ2) is 9.18. The summed E-state index contributed by atoms with van der Waals surface area (Å²) < 4.78 is 17.2. The lowest BCUT2D eigenvalue weighted by molar-refractivity contribution is -0.116. The van der Waals surface area contributed by atoms with E-state index in [0.29, 0.717) is 34.8 Å². The minimum Gasteiger partial charge on any atom is -0.342 e. The fourth-order valence-corrected chi connectivity index (χ4v) is 4.26. The Labute approximate surface area is 202 Å². The van der Waals surface area contributed by atoms with Gasteiger partial charge in [-0.2, -0.15) is 5.10 Å². The molecule has 3 aromatic rings. The van der Waals surface area contributed by atoms with Gasteiger partial charge in [-0.1, -0.05) is 56.3 Å². The SMILES string of the molecule is CC(C)c1ccc(NC(=O)Cn2nc3c4cc(F)ccc4n(Cc4ccccc4)cc-3c2=O)cc1. The quantitative estimate of drug-likeness (QED) is 0.370. The van der Waals surface area contributed by atoms with Gasteiger partial charge in [0.05, 0.1) is 11.1 Å². The molecule has 0 atom stereocenters. The van der Waals surface area contributed by atoms with Gasteiger partial charge in [-0.05, 0) is 47.4 Å². The topological polar surface area (TPSA) is 68.9 Å². The van der Waals surface area contributed by atoms with Crippen LogP contribution in [-0.4, -0.2) is 20.3 Å². The van der Waals surface area contributed by atoms with Gasteiger partial charge in [-0.3, -0.25) is 9.59 Å². The van der Waals surface area contributed by atoms with Crippen molar-refractivity contribution in [3.63, 3.8) is 0 Å². The summed E-state index contributed by atoms with van der Waals surface area (Å²) in [5, 5.41) is 7.75. The van der Waals surface area contributed by atoms with Gasteiger partial charge in [-0.15, -0.1) is 0 Å². The zero-order valence-electron chi connectivity index (χ0n) is 19.5. The predicted molar refractivity (Wildman–Crippen MR) is 135 cm³/mol. The molecule has 0 saturated carbocycles. The standard InChI is InChI=1S/C28H25FN4O2/c1-18(2)20-8-11-22(12-9-20)30-26(34)17-33-28(35)24-16-32(15-19-6-4-3-5-7-19)25-13-10-21(29)14-23(25)27(24)31-33/h3-14,16,18H,15,17H2,1-2H3,(H,30,34). The van der Waals surface area contributed by atoms with E-state index in [1.54, 1.807) is 12.3 Å². The molecule has 2 aliphatic rings. The van der Waals surface area contributed by atoms with E-state index in [0.717, 1.165) is 15.8 Å². The number of carbonyl (C=O) groups excluding carboxylic acids is 1. The van der Waals surface area contributed by atoms with Crippen molar-refractivity contribution in [1.82, 2.24) is 14.3 Å². The smallest absolute Gasteiger partial charge is 0.278 e. The van der Waals surface area contributed by atoms with Crippen LogP contribution in [0, 0.1) is 5.82 Å². The summed E-state index contributed by atoms with van der Waals surface area (Å²) in [7, 11) is 0. The van der Waals surface area contributed by atoms with Gasteiger partial charge in [-0.25, -0.2) is 9.07 Å². The molecule has 0 unspecified atom stereocenters. The summed E-state index contributed by atoms with van der Waals surface area (Å²) in [6, 6.07) is 21.9. The molecule has 1 N–H and O–H groups in total. The van der Waals surface area contributed by atoms with E-state index in [9.17, 15) is 14.0 Å². The van der Waals surface area contributed by atoms with Crippen LogP contribution in [0.5, 0.6) is 0 Å². The van der Waals surface area contributed by atoms with E-state index in [2.05, 4.69) is 24.3 Å². The number of hydrogen-bond acceptors (Lipinski definition) is 3. The summed E-state index contributed by atoms with van der Waals surface area (Å²) in [5.41, 5.74) is 3.95. The third-order valence-corrected chi connectivity index (χ3v) is 6.10. The van der Waals surface area contributed by atoms with Crippen molar-refractivity contribution in [3.05, 3.63) is 106 Å². The maximum absolute atomic E-state index is 14.2. The average Bonchev–Trinajstić information content (AvgIpc) is 3.15. The molecule has 1 amide bonds. The van der Waals surface area contributed by atoms with Crippen LogP contribution in [0.4, 0.5) is 10.1 Å². The second-order valence-corrected chi connectivity index (χ2v) is 8.95. The van der Waals surface area contributed by atoms with E-state index in [1.165, 1.54) is 17.7 Å². The van der Waals surface area contributed by atoms with Crippen molar-refractivity contribution in [1.29, 1.82) is 0 Å². The first kappa shape index (κ1) is 22.5. The van der Waals surface area contributed by atoms with Crippen LogP contribution in [0.1, 0.15) is 30.9 Å². The molecule has 3 aromatic carbocycles. The lowest BCUT2D eigenvalue weighted by Crippen LogP contribution is -2.26. The zero-order chi connectivity index (χ0) is 24.5. The van der Waals surface area contributed by atoms with Crippen LogP contribution >= 0.6 is 0 Å². The molecule has 0 bridgehead atoms. The number of anilines is 1. The summed E-state index contributed by atoms with van der Waals surface area (Å²) in [6.45, 7) is 4.47. The van der Waals surface area contributed by atoms with Crippen LogP contribution < -0.4 is 10.9 Å². The number of benzene rings is 3. The van der Waals surface area contributed by atoms with Crippen molar-refractivity contribution < 1.29 is 9.18 Å². The lowest BCUT2D eigenvalue weighted by atomic mass is 10.0. The van der Waals surface area contributed by atoms with Gasteiger partial charge < -0.3 is 9.88 Å². The summed E-state index contributed by atoms with van der Waals surface area (Å²) in [6.07, 6.45) is 1.73. The Hall–Kier alpha value is -4.26. The lowest BCUT2D eigenvalue weighted by Gasteiger charge is -2.14. The van der Waals surface area contributed by atoms with Crippen LogP contribution in [-0.2, 0) is 17.9 Å². The number of rotatable bonds is 6. The van der Waals surface area contributed by atoms with Crippen molar-refractivity contribution in [2.75, 3.05) is 5.32 Å². The van der Waals surface area contributed by atoms with Gasteiger partial charge in [0, 0.05) is 23.8 Å². The molecule has 2 aliphatic heterocycles. The minimum absolute atomic E-state index is 0.241. The molecule has 0 aromatic heterocycles. The van der Waals surface area contributed by atoms with Gasteiger partial charge in [0.15, 0.2) is 0 Å². The molecule has 7 heteroatoms. The molecule has 0 radical (unpaired) electrons. The summed E-state index contributed by atoms with van der Waals surface area (Å²) >= 11 is 0. The number of nitrogens with zero attached hydrogens (tertiary/aromatic N) is 3. The molecular formula is C28H25FN4O2. The molecular weight excluding hydrogens is 443 g/mol. The fourth-order valence-electron chi connectivity index (χ4n) is 4.26. The highest BCUT2D eigenvalue weighted by Crippen LogP contribution is 2.28. The number of halogens is 1.